The van der Waals surface area contributed by atoms with E-state index in [0.29, 0.717) is 19.4 Å². The van der Waals surface area contributed by atoms with Gasteiger partial charge in [-0.1, -0.05) is 0 Å². The van der Waals surface area contributed by atoms with Crippen LogP contribution in [-0.2, 0) is 14.6 Å². The molecule has 0 aliphatic carbocycles. The Morgan fingerprint density at radius 1 is 1.46 bits per heavy atom. The molecule has 5 nitrogen and oxygen atoms in total. The average Bonchev–Trinajstić information content (AvgIpc) is 1.97. The minimum Gasteiger partial charge on any atom is -0.351 e. The summed E-state index contributed by atoms with van der Waals surface area (Å²) in [7, 11) is -2.84. The van der Waals surface area contributed by atoms with Crippen molar-refractivity contribution in [1.82, 2.24) is 5.32 Å². The predicted octanol–water partition coefficient (Wildman–Crippen LogP) is -1.36. The van der Waals surface area contributed by atoms with E-state index in [1.54, 1.807) is 0 Å². The molecule has 1 heterocycles. The van der Waals surface area contributed by atoms with Crippen LogP contribution in [0.25, 0.3) is 0 Å². The van der Waals surface area contributed by atoms with E-state index in [2.05, 4.69) is 5.32 Å². The second-order valence-corrected chi connectivity index (χ2v) is 5.39. The van der Waals surface area contributed by atoms with Crippen molar-refractivity contribution in [3.63, 3.8) is 0 Å². The van der Waals surface area contributed by atoms with E-state index in [0.717, 1.165) is 0 Å². The van der Waals surface area contributed by atoms with Crippen LogP contribution in [0.4, 0.5) is 0 Å². The van der Waals surface area contributed by atoms with Crippen molar-refractivity contribution in [3.8, 4) is 0 Å². The highest BCUT2D eigenvalue weighted by atomic mass is 32.2. The van der Waals surface area contributed by atoms with Crippen molar-refractivity contribution in [1.29, 1.82) is 0 Å². The summed E-state index contributed by atoms with van der Waals surface area (Å²) in [5.41, 5.74) is 5.22. The van der Waals surface area contributed by atoms with E-state index in [1.165, 1.54) is 0 Å². The first-order valence-corrected chi connectivity index (χ1v) is 6.05. The molecule has 0 spiro atoms. The Hall–Kier alpha value is -0.620. The number of hydrogen-bond donors (Lipinski definition) is 2. The fourth-order valence-corrected chi connectivity index (χ4v) is 2.51. The molecule has 0 unspecified atom stereocenters. The first-order chi connectivity index (χ1) is 6.03. The third kappa shape index (κ3) is 3.31. The van der Waals surface area contributed by atoms with Gasteiger partial charge in [-0.2, -0.15) is 0 Å². The van der Waals surface area contributed by atoms with Crippen molar-refractivity contribution < 1.29 is 13.2 Å². The summed E-state index contributed by atoms with van der Waals surface area (Å²) in [5.74, 6) is 0.0632. The van der Waals surface area contributed by atoms with Crippen LogP contribution in [0.15, 0.2) is 0 Å². The maximum atomic E-state index is 11.1. The van der Waals surface area contributed by atoms with E-state index < -0.39 is 9.84 Å². The van der Waals surface area contributed by atoms with Gasteiger partial charge in [0.2, 0.25) is 5.91 Å². The largest absolute Gasteiger partial charge is 0.351 e. The van der Waals surface area contributed by atoms with Crippen LogP contribution in [0.1, 0.15) is 12.8 Å². The van der Waals surface area contributed by atoms with Crippen LogP contribution in [0.2, 0.25) is 0 Å². The highest BCUT2D eigenvalue weighted by molar-refractivity contribution is 7.92. The summed E-state index contributed by atoms with van der Waals surface area (Å²) in [5, 5.41) is 2.63. The second-order valence-electron chi connectivity index (χ2n) is 3.23. The zero-order valence-corrected chi connectivity index (χ0v) is 8.14. The lowest BCUT2D eigenvalue weighted by atomic mass is 10.2. The Morgan fingerprint density at radius 3 is 2.54 bits per heavy atom. The van der Waals surface area contributed by atoms with Gasteiger partial charge in [-0.15, -0.1) is 0 Å². The normalized spacial score (nSPS) is 20.7. The molecular weight excluding hydrogens is 192 g/mol. The van der Waals surface area contributed by atoms with Crippen LogP contribution in [-0.4, -0.2) is 38.4 Å². The lowest BCUT2D eigenvalue weighted by Gasteiger charge is -2.26. The van der Waals surface area contributed by atoms with Crippen LogP contribution < -0.4 is 11.1 Å². The van der Waals surface area contributed by atoms with Crippen LogP contribution in [0.3, 0.4) is 0 Å². The molecule has 0 atom stereocenters. The van der Waals surface area contributed by atoms with E-state index in [4.69, 9.17) is 5.73 Å². The zero-order valence-electron chi connectivity index (χ0n) is 7.32. The maximum absolute atomic E-state index is 11.1. The van der Waals surface area contributed by atoms with Crippen molar-refractivity contribution >= 4 is 15.7 Å². The molecule has 1 amide bonds. The van der Waals surface area contributed by atoms with Gasteiger partial charge < -0.3 is 11.1 Å². The van der Waals surface area contributed by atoms with E-state index >= 15 is 0 Å². The molecule has 6 heteroatoms. The molecule has 1 rings (SSSR count). The highest BCUT2D eigenvalue weighted by Crippen LogP contribution is 2.10. The monoisotopic (exact) mass is 206 g/mol. The second kappa shape index (κ2) is 4.06. The smallest absolute Gasteiger partial charge is 0.220 e. The summed E-state index contributed by atoms with van der Waals surface area (Å²) in [6.07, 6.45) is 1.03. The van der Waals surface area contributed by atoms with E-state index in [9.17, 15) is 13.2 Å². The summed E-state index contributed by atoms with van der Waals surface area (Å²) in [6, 6.07) is -0.171. The molecule has 0 aromatic rings. The van der Waals surface area contributed by atoms with Gasteiger partial charge in [-0.25, -0.2) is 8.42 Å². The fraction of sp³-hybridized carbons (Fsp3) is 0.857. The number of rotatable bonds is 4. The van der Waals surface area contributed by atoms with Crippen molar-refractivity contribution in [2.24, 2.45) is 5.73 Å². The standard InChI is InChI=1S/C7H14N2O3S/c8-3-1-2-7(10)9-6-4-13(11,12)5-6/h6H,1-5,8H2,(H,9,10). The minimum atomic E-state index is -2.84. The number of carbonyl (C=O) groups excluding carboxylic acids is 1. The van der Waals surface area contributed by atoms with Crippen LogP contribution in [0, 0.1) is 0 Å². The molecular formula is C7H14N2O3S. The van der Waals surface area contributed by atoms with Crippen molar-refractivity contribution in [2.75, 3.05) is 18.1 Å². The fourth-order valence-electron chi connectivity index (χ4n) is 1.21. The minimum absolute atomic E-state index is 0.0847. The molecule has 3 N–H and O–H groups in total. The number of amides is 1. The van der Waals surface area contributed by atoms with Crippen molar-refractivity contribution in [2.45, 2.75) is 18.9 Å². The number of hydrogen-bond acceptors (Lipinski definition) is 4. The van der Waals surface area contributed by atoms with E-state index in [-0.39, 0.29) is 23.5 Å². The third-order valence-electron chi connectivity index (χ3n) is 1.88. The summed E-state index contributed by atoms with van der Waals surface area (Å²) in [4.78, 5) is 11.1. The molecule has 76 valence electrons. The maximum Gasteiger partial charge on any atom is 0.220 e. The van der Waals surface area contributed by atoms with E-state index in [1.807, 2.05) is 0 Å². The third-order valence-corrected chi connectivity index (χ3v) is 3.70. The summed E-state index contributed by atoms with van der Waals surface area (Å²) in [6.45, 7) is 0.483. The van der Waals surface area contributed by atoms with Gasteiger partial charge in [0.05, 0.1) is 17.5 Å². The lowest BCUT2D eigenvalue weighted by Crippen LogP contribution is -2.52. The first kappa shape index (κ1) is 10.5. The Bertz CT molecular complexity index is 274. The van der Waals surface area contributed by atoms with Gasteiger partial charge in [0.1, 0.15) is 0 Å². The van der Waals surface area contributed by atoms with Gasteiger partial charge >= 0.3 is 0 Å². The molecule has 1 aliphatic rings. The van der Waals surface area contributed by atoms with Gasteiger partial charge in [0, 0.05) is 6.42 Å². The first-order valence-electron chi connectivity index (χ1n) is 4.23. The Labute approximate surface area is 77.6 Å². The predicted molar refractivity (Wildman–Crippen MR) is 48.9 cm³/mol. The summed E-state index contributed by atoms with van der Waals surface area (Å²) < 4.78 is 21.4. The molecule has 13 heavy (non-hydrogen) atoms. The van der Waals surface area contributed by atoms with Crippen LogP contribution in [0.5, 0.6) is 0 Å². The highest BCUT2D eigenvalue weighted by Gasteiger charge is 2.33. The number of nitrogens with one attached hydrogen (secondary N) is 1. The van der Waals surface area contributed by atoms with Gasteiger partial charge in [-0.3, -0.25) is 4.79 Å². The molecule has 0 aromatic carbocycles. The molecule has 0 saturated carbocycles. The molecule has 0 aromatic heterocycles. The van der Waals surface area contributed by atoms with Gasteiger partial charge in [-0.05, 0) is 13.0 Å². The van der Waals surface area contributed by atoms with Crippen LogP contribution >= 0.6 is 0 Å². The molecule has 0 radical (unpaired) electrons. The lowest BCUT2D eigenvalue weighted by molar-refractivity contribution is -0.121. The Kier molecular flexibility index (Phi) is 3.27. The molecule has 1 saturated heterocycles. The van der Waals surface area contributed by atoms with Gasteiger partial charge in [0.15, 0.2) is 9.84 Å². The number of nitrogens with two attached hydrogens (primary N) is 1. The Morgan fingerprint density at radius 2 is 2.08 bits per heavy atom. The topological polar surface area (TPSA) is 89.3 Å². The SMILES string of the molecule is NCCCC(=O)NC1CS(=O)(=O)C1. The summed E-state index contributed by atoms with van der Waals surface area (Å²) >= 11 is 0. The average molecular weight is 206 g/mol. The molecule has 1 aliphatic heterocycles. The van der Waals surface area contributed by atoms with Gasteiger partial charge in [0.25, 0.3) is 0 Å². The quantitative estimate of drug-likeness (QED) is 0.594. The molecule has 0 bridgehead atoms. The number of sulfone groups is 1. The Balaban J connectivity index is 2.17. The number of carbonyl (C=O) groups is 1. The molecule has 1 fully saturated rings. The zero-order chi connectivity index (χ0) is 9.90. The van der Waals surface area contributed by atoms with Crippen molar-refractivity contribution in [3.05, 3.63) is 0 Å².